The van der Waals surface area contributed by atoms with Crippen molar-refractivity contribution in [3.63, 3.8) is 0 Å². The lowest BCUT2D eigenvalue weighted by Gasteiger charge is -2.29. The first kappa shape index (κ1) is 27.2. The van der Waals surface area contributed by atoms with E-state index in [1.165, 1.54) is 7.11 Å². The summed E-state index contributed by atoms with van der Waals surface area (Å²) in [5, 5.41) is 9.17. The van der Waals surface area contributed by atoms with E-state index < -0.39 is 0 Å². The van der Waals surface area contributed by atoms with Crippen LogP contribution in [0.4, 0.5) is 5.69 Å². The highest BCUT2D eigenvalue weighted by molar-refractivity contribution is 7.80. The van der Waals surface area contributed by atoms with Gasteiger partial charge in [0, 0.05) is 47.8 Å². The summed E-state index contributed by atoms with van der Waals surface area (Å²) in [4.78, 5) is 31.9. The first-order valence-corrected chi connectivity index (χ1v) is 14.1. The van der Waals surface area contributed by atoms with Crippen molar-refractivity contribution in [2.45, 2.75) is 18.5 Å². The molecule has 1 saturated heterocycles. The van der Waals surface area contributed by atoms with E-state index in [2.05, 4.69) is 25.1 Å². The van der Waals surface area contributed by atoms with Crippen LogP contribution in [0.2, 0.25) is 0 Å². The molecule has 9 heteroatoms. The van der Waals surface area contributed by atoms with Gasteiger partial charge in [-0.2, -0.15) is 0 Å². The minimum absolute atomic E-state index is 0.0945. The van der Waals surface area contributed by atoms with Gasteiger partial charge in [0.25, 0.3) is 0 Å². The molecule has 0 radical (unpaired) electrons. The van der Waals surface area contributed by atoms with Gasteiger partial charge in [0.05, 0.1) is 30.5 Å². The average molecular weight is 576 g/mol. The Hall–Kier alpha value is -5.02. The third-order valence-corrected chi connectivity index (χ3v) is 7.84. The van der Waals surface area contributed by atoms with Crippen molar-refractivity contribution in [1.29, 1.82) is 0 Å². The number of methoxy groups -OCH3 is 1. The maximum atomic E-state index is 13.2. The van der Waals surface area contributed by atoms with Crippen LogP contribution in [0.15, 0.2) is 109 Å². The zero-order valence-corrected chi connectivity index (χ0v) is 23.8. The Bertz CT molecular complexity index is 1750. The summed E-state index contributed by atoms with van der Waals surface area (Å²) in [6, 6.07) is 30.5. The van der Waals surface area contributed by atoms with Gasteiger partial charge < -0.3 is 24.8 Å². The zero-order valence-electron chi connectivity index (χ0n) is 22.9. The largest absolute Gasteiger partial charge is 0.465 e. The van der Waals surface area contributed by atoms with Crippen molar-refractivity contribution in [3.8, 4) is 5.69 Å². The van der Waals surface area contributed by atoms with Crippen LogP contribution in [0.1, 0.15) is 40.3 Å². The van der Waals surface area contributed by atoms with Crippen LogP contribution in [0.5, 0.6) is 0 Å². The fourth-order valence-corrected chi connectivity index (χ4v) is 5.81. The van der Waals surface area contributed by atoms with Gasteiger partial charge in [-0.05, 0) is 72.2 Å². The van der Waals surface area contributed by atoms with E-state index in [1.54, 1.807) is 18.3 Å². The number of nitrogens with zero attached hydrogens (tertiary/aromatic N) is 3. The molecule has 2 aromatic heterocycles. The number of hydrogen-bond donors (Lipinski definition) is 2. The van der Waals surface area contributed by atoms with Gasteiger partial charge in [-0.1, -0.05) is 42.5 Å². The van der Waals surface area contributed by atoms with Gasteiger partial charge in [-0.3, -0.25) is 9.78 Å². The smallest absolute Gasteiger partial charge is 0.337 e. The standard InChI is InChI=1S/C33H29N5O3S/c1-41-32(40)23-14-16-24(17-15-23)37-20-7-13-28(37)31-30(27-11-4-5-19-34-27)36-33(42)38(31)21-18-29(39)35-26-12-6-9-22-8-2-3-10-25(22)26/h2-17,19-20,30-31H,18,21H2,1H3,(H,35,39)(H,36,42)/t30-,31+/m0/s1. The molecule has 0 saturated carbocycles. The van der Waals surface area contributed by atoms with Gasteiger partial charge in [0.15, 0.2) is 5.11 Å². The number of carbonyl (C=O) groups is 2. The Labute approximate surface area is 248 Å². The van der Waals surface area contributed by atoms with E-state index in [4.69, 9.17) is 17.0 Å². The van der Waals surface area contributed by atoms with Gasteiger partial charge in [0.1, 0.15) is 0 Å². The van der Waals surface area contributed by atoms with Gasteiger partial charge in [-0.15, -0.1) is 0 Å². The predicted molar refractivity (Wildman–Crippen MR) is 166 cm³/mol. The first-order chi connectivity index (χ1) is 20.5. The van der Waals surface area contributed by atoms with Crippen LogP contribution in [0.25, 0.3) is 16.5 Å². The van der Waals surface area contributed by atoms with Crippen LogP contribution >= 0.6 is 12.2 Å². The number of nitrogens with one attached hydrogen (secondary N) is 2. The van der Waals surface area contributed by atoms with Crippen molar-refractivity contribution in [2.75, 3.05) is 19.0 Å². The number of thiocarbonyl (C=S) groups is 1. The van der Waals surface area contributed by atoms with Crippen molar-refractivity contribution in [1.82, 2.24) is 19.8 Å². The molecule has 5 aromatic rings. The molecular weight excluding hydrogens is 546 g/mol. The number of carbonyl (C=O) groups excluding carboxylic acids is 2. The molecule has 0 unspecified atom stereocenters. The summed E-state index contributed by atoms with van der Waals surface area (Å²) in [6.45, 7) is 0.406. The highest BCUT2D eigenvalue weighted by atomic mass is 32.1. The molecule has 0 spiro atoms. The van der Waals surface area contributed by atoms with Crippen LogP contribution in [-0.2, 0) is 9.53 Å². The zero-order chi connectivity index (χ0) is 29.1. The molecule has 2 N–H and O–H groups in total. The summed E-state index contributed by atoms with van der Waals surface area (Å²) in [7, 11) is 1.37. The second kappa shape index (κ2) is 11.8. The van der Waals surface area contributed by atoms with Crippen molar-refractivity contribution in [2.24, 2.45) is 0 Å². The van der Waals surface area contributed by atoms with Crippen LogP contribution in [0.3, 0.4) is 0 Å². The molecule has 1 aliphatic rings. The van der Waals surface area contributed by atoms with E-state index in [0.29, 0.717) is 17.2 Å². The summed E-state index contributed by atoms with van der Waals surface area (Å²) < 4.78 is 6.92. The quantitative estimate of drug-likeness (QED) is 0.178. The topological polar surface area (TPSA) is 88.5 Å². The molecule has 2 atom stereocenters. The second-order valence-corrected chi connectivity index (χ2v) is 10.4. The molecule has 1 amide bonds. The van der Waals surface area contributed by atoms with Gasteiger partial charge in [0.2, 0.25) is 5.91 Å². The lowest BCUT2D eigenvalue weighted by atomic mass is 10.0. The maximum absolute atomic E-state index is 13.2. The van der Waals surface area contributed by atoms with Gasteiger partial charge >= 0.3 is 5.97 Å². The number of amides is 1. The minimum Gasteiger partial charge on any atom is -0.465 e. The number of aromatic nitrogens is 2. The van der Waals surface area contributed by atoms with Gasteiger partial charge in [-0.25, -0.2) is 4.79 Å². The molecule has 0 bridgehead atoms. The third kappa shape index (κ3) is 5.34. The normalized spacial score (nSPS) is 16.3. The van der Waals surface area contributed by atoms with Crippen LogP contribution < -0.4 is 10.6 Å². The highest BCUT2D eigenvalue weighted by Crippen LogP contribution is 2.39. The van der Waals surface area contributed by atoms with Crippen molar-refractivity contribution >= 4 is 45.7 Å². The van der Waals surface area contributed by atoms with Crippen LogP contribution in [-0.4, -0.2) is 45.1 Å². The average Bonchev–Trinajstić information content (AvgIpc) is 3.64. The fraction of sp³-hybridized carbons (Fsp3) is 0.152. The van der Waals surface area contributed by atoms with E-state index in [9.17, 15) is 9.59 Å². The van der Waals surface area contributed by atoms with Crippen molar-refractivity contribution in [3.05, 3.63) is 126 Å². The number of benzene rings is 3. The number of ether oxygens (including phenoxy) is 1. The highest BCUT2D eigenvalue weighted by Gasteiger charge is 2.41. The minimum atomic E-state index is -0.386. The van der Waals surface area contributed by atoms with E-state index in [-0.39, 0.29) is 30.4 Å². The molecule has 8 nitrogen and oxygen atoms in total. The van der Waals surface area contributed by atoms with Crippen LogP contribution in [0, 0.1) is 0 Å². The molecule has 42 heavy (non-hydrogen) atoms. The Balaban J connectivity index is 1.28. The molecule has 3 heterocycles. The number of anilines is 1. The monoisotopic (exact) mass is 575 g/mol. The van der Waals surface area contributed by atoms with E-state index >= 15 is 0 Å². The lowest BCUT2D eigenvalue weighted by Crippen LogP contribution is -2.33. The third-order valence-electron chi connectivity index (χ3n) is 7.49. The Morgan fingerprint density at radius 1 is 0.952 bits per heavy atom. The first-order valence-electron chi connectivity index (χ1n) is 13.6. The SMILES string of the molecule is COC(=O)c1ccc(-n2cccc2[C@@H]2[C@H](c3ccccn3)NC(=S)N2CCC(=O)Nc2cccc3ccccc23)cc1. The number of pyridine rings is 1. The molecule has 0 aliphatic carbocycles. The van der Waals surface area contributed by atoms with E-state index in [0.717, 1.165) is 33.5 Å². The molecule has 1 fully saturated rings. The Kier molecular flexibility index (Phi) is 7.66. The summed E-state index contributed by atoms with van der Waals surface area (Å²) >= 11 is 5.83. The number of hydrogen-bond acceptors (Lipinski definition) is 5. The number of esters is 1. The van der Waals surface area contributed by atoms with Crippen molar-refractivity contribution < 1.29 is 14.3 Å². The molecular formula is C33H29N5O3S. The summed E-state index contributed by atoms with van der Waals surface area (Å²) in [5.41, 5.74) is 3.96. The summed E-state index contributed by atoms with van der Waals surface area (Å²) in [5.74, 6) is -0.481. The number of rotatable bonds is 8. The molecule has 3 aromatic carbocycles. The molecule has 6 rings (SSSR count). The second-order valence-electron chi connectivity index (χ2n) is 9.99. The summed E-state index contributed by atoms with van der Waals surface area (Å²) in [6.07, 6.45) is 3.98. The lowest BCUT2D eigenvalue weighted by molar-refractivity contribution is -0.116. The molecule has 210 valence electrons. The number of fused-ring (bicyclic) bond motifs is 1. The fourth-order valence-electron chi connectivity index (χ4n) is 5.48. The predicted octanol–water partition coefficient (Wildman–Crippen LogP) is 5.81. The molecule has 1 aliphatic heterocycles. The Morgan fingerprint density at radius 3 is 2.52 bits per heavy atom. The van der Waals surface area contributed by atoms with E-state index in [1.807, 2.05) is 91.1 Å². The Morgan fingerprint density at radius 2 is 1.74 bits per heavy atom. The maximum Gasteiger partial charge on any atom is 0.337 e.